The van der Waals surface area contributed by atoms with Gasteiger partial charge in [0.2, 0.25) is 5.91 Å². The van der Waals surface area contributed by atoms with Crippen molar-refractivity contribution in [3.05, 3.63) is 42.2 Å². The number of anilines is 1. The zero-order chi connectivity index (χ0) is 20.2. The van der Waals surface area contributed by atoms with E-state index in [4.69, 9.17) is 9.47 Å². The summed E-state index contributed by atoms with van der Waals surface area (Å²) >= 11 is 0. The molecule has 4 rings (SSSR count). The van der Waals surface area contributed by atoms with Crippen molar-refractivity contribution in [1.82, 2.24) is 15.3 Å². The first kappa shape index (κ1) is 19.5. The van der Waals surface area contributed by atoms with E-state index in [9.17, 15) is 4.79 Å². The summed E-state index contributed by atoms with van der Waals surface area (Å²) in [6.45, 7) is 5.93. The predicted molar refractivity (Wildman–Crippen MR) is 110 cm³/mol. The molecule has 1 N–H and O–H groups in total. The second kappa shape index (κ2) is 8.68. The van der Waals surface area contributed by atoms with Crippen LogP contribution in [0.5, 0.6) is 11.8 Å². The largest absolute Gasteiger partial charge is 0.489 e. The Labute approximate surface area is 171 Å². The fraction of sp³-hybridized carbons (Fsp3) is 0.500. The average molecular weight is 396 g/mol. The van der Waals surface area contributed by atoms with E-state index in [2.05, 4.69) is 20.2 Å². The fourth-order valence-corrected chi connectivity index (χ4v) is 3.50. The van der Waals surface area contributed by atoms with Crippen molar-refractivity contribution in [2.75, 3.05) is 24.6 Å². The number of benzene rings is 1. The molecule has 0 radical (unpaired) electrons. The van der Waals surface area contributed by atoms with Crippen LogP contribution in [0.3, 0.4) is 0 Å². The first-order valence-electron chi connectivity index (χ1n) is 10.3. The molecular formula is C22H28N4O3. The van der Waals surface area contributed by atoms with Crippen molar-refractivity contribution in [2.45, 2.75) is 45.3 Å². The maximum Gasteiger partial charge on any atom is 0.316 e. The molecule has 2 atom stereocenters. The Bertz CT molecular complexity index is 821. The summed E-state index contributed by atoms with van der Waals surface area (Å²) in [6, 6.07) is 8.37. The topological polar surface area (TPSA) is 76.6 Å². The first-order valence-corrected chi connectivity index (χ1v) is 10.3. The Hall–Kier alpha value is -2.83. The van der Waals surface area contributed by atoms with Crippen LogP contribution in [0, 0.1) is 5.92 Å². The third-order valence-electron chi connectivity index (χ3n) is 5.37. The highest BCUT2D eigenvalue weighted by molar-refractivity contribution is 5.73. The Kier molecular flexibility index (Phi) is 5.83. The smallest absolute Gasteiger partial charge is 0.316 e. The molecule has 0 bridgehead atoms. The summed E-state index contributed by atoms with van der Waals surface area (Å²) < 4.78 is 11.8. The van der Waals surface area contributed by atoms with E-state index >= 15 is 0 Å². The van der Waals surface area contributed by atoms with Crippen LogP contribution in [0.4, 0.5) is 5.69 Å². The van der Waals surface area contributed by atoms with Gasteiger partial charge in [0.05, 0.1) is 37.3 Å². The summed E-state index contributed by atoms with van der Waals surface area (Å²) in [5.41, 5.74) is 2.05. The number of carbonyl (C=O) groups is 1. The molecule has 2 aromatic rings. The van der Waals surface area contributed by atoms with Gasteiger partial charge in [0, 0.05) is 19.9 Å². The van der Waals surface area contributed by atoms with Gasteiger partial charge in [-0.25, -0.2) is 9.97 Å². The van der Waals surface area contributed by atoms with E-state index in [1.54, 1.807) is 0 Å². The highest BCUT2D eigenvalue weighted by atomic mass is 16.5. The van der Waals surface area contributed by atoms with E-state index in [1.165, 1.54) is 19.8 Å². The molecule has 7 heteroatoms. The number of nitrogens with one attached hydrogen (secondary N) is 1. The lowest BCUT2D eigenvalue weighted by Crippen LogP contribution is -2.25. The molecule has 1 aliphatic carbocycles. The van der Waals surface area contributed by atoms with Crippen molar-refractivity contribution in [2.24, 2.45) is 5.92 Å². The summed E-state index contributed by atoms with van der Waals surface area (Å²) in [5.74, 6) is 1.50. The third-order valence-corrected chi connectivity index (χ3v) is 5.37. The fourth-order valence-electron chi connectivity index (χ4n) is 3.50. The van der Waals surface area contributed by atoms with Crippen molar-refractivity contribution in [3.8, 4) is 11.8 Å². The number of aromatic nitrogens is 2. The second-order valence-corrected chi connectivity index (χ2v) is 7.94. The normalized spacial score (nSPS) is 19.7. The highest BCUT2D eigenvalue weighted by Gasteiger charge is 2.25. The van der Waals surface area contributed by atoms with Gasteiger partial charge < -0.3 is 19.7 Å². The molecule has 1 saturated heterocycles. The van der Waals surface area contributed by atoms with Crippen molar-refractivity contribution < 1.29 is 14.3 Å². The van der Waals surface area contributed by atoms with Gasteiger partial charge in [0.25, 0.3) is 0 Å². The minimum atomic E-state index is -0.0321. The van der Waals surface area contributed by atoms with Gasteiger partial charge in [-0.05, 0) is 43.4 Å². The van der Waals surface area contributed by atoms with Crippen LogP contribution in [0.2, 0.25) is 0 Å². The van der Waals surface area contributed by atoms with Gasteiger partial charge in [-0.15, -0.1) is 0 Å². The van der Waals surface area contributed by atoms with Crippen LogP contribution >= 0.6 is 0 Å². The molecule has 2 heterocycles. The molecule has 7 nitrogen and oxygen atoms in total. The minimum Gasteiger partial charge on any atom is -0.489 e. The number of rotatable bonds is 8. The molecule has 0 spiro atoms. The number of amides is 1. The SMILES string of the molecule is CC(=O)N[C@@H](C)c1ccc(O[C@@H]2CCN(c3cnc(OCC4CC4)nc3)C2)cc1. The van der Waals surface area contributed by atoms with Crippen LogP contribution in [0.1, 0.15) is 44.7 Å². The lowest BCUT2D eigenvalue weighted by atomic mass is 10.1. The number of hydrogen-bond donors (Lipinski definition) is 1. The van der Waals surface area contributed by atoms with Crippen LogP contribution in [-0.4, -0.2) is 41.7 Å². The Morgan fingerprint density at radius 2 is 1.93 bits per heavy atom. The van der Waals surface area contributed by atoms with E-state index in [0.29, 0.717) is 11.9 Å². The van der Waals surface area contributed by atoms with Gasteiger partial charge in [-0.1, -0.05) is 12.1 Å². The average Bonchev–Trinajstić information content (AvgIpc) is 3.44. The second-order valence-electron chi connectivity index (χ2n) is 7.94. The standard InChI is InChI=1S/C22H28N4O3/c1-15(25-16(2)27)18-5-7-20(8-6-18)29-21-9-10-26(13-21)19-11-23-22(24-12-19)28-14-17-3-4-17/h5-8,11-12,15,17,21H,3-4,9-10,13-14H2,1-2H3,(H,25,27)/t15-,21+/m0/s1. The number of carbonyl (C=O) groups excluding carboxylic acids is 1. The van der Waals surface area contributed by atoms with E-state index in [1.807, 2.05) is 43.6 Å². The zero-order valence-electron chi connectivity index (χ0n) is 17.0. The molecule has 1 aliphatic heterocycles. The number of hydrogen-bond acceptors (Lipinski definition) is 6. The van der Waals surface area contributed by atoms with E-state index < -0.39 is 0 Å². The highest BCUT2D eigenvalue weighted by Crippen LogP contribution is 2.29. The van der Waals surface area contributed by atoms with Crippen molar-refractivity contribution in [1.29, 1.82) is 0 Å². The third kappa shape index (κ3) is 5.37. The quantitative estimate of drug-likeness (QED) is 0.739. The summed E-state index contributed by atoms with van der Waals surface area (Å²) in [6.07, 6.45) is 7.24. The van der Waals surface area contributed by atoms with Gasteiger partial charge >= 0.3 is 6.01 Å². The Morgan fingerprint density at radius 1 is 1.21 bits per heavy atom. The van der Waals surface area contributed by atoms with Crippen molar-refractivity contribution in [3.63, 3.8) is 0 Å². The minimum absolute atomic E-state index is 0.0141. The molecule has 1 amide bonds. The van der Waals surface area contributed by atoms with Gasteiger partial charge in [0.1, 0.15) is 11.9 Å². The van der Waals surface area contributed by atoms with Crippen LogP contribution < -0.4 is 19.7 Å². The monoisotopic (exact) mass is 396 g/mol. The molecule has 1 aromatic heterocycles. The molecule has 29 heavy (non-hydrogen) atoms. The maximum absolute atomic E-state index is 11.2. The molecule has 0 unspecified atom stereocenters. The predicted octanol–water partition coefficient (Wildman–Crippen LogP) is 3.12. The zero-order valence-corrected chi connectivity index (χ0v) is 17.0. The van der Waals surface area contributed by atoms with Crippen LogP contribution in [-0.2, 0) is 4.79 Å². The summed E-state index contributed by atoms with van der Waals surface area (Å²) in [4.78, 5) is 22.1. The number of nitrogens with zero attached hydrogens (tertiary/aromatic N) is 3. The van der Waals surface area contributed by atoms with Gasteiger partial charge in [-0.2, -0.15) is 0 Å². The van der Waals surface area contributed by atoms with E-state index in [0.717, 1.165) is 43.1 Å². The summed E-state index contributed by atoms with van der Waals surface area (Å²) in [5, 5.41) is 2.89. The molecule has 1 aromatic carbocycles. The molecule has 154 valence electrons. The molecule has 2 aliphatic rings. The molecular weight excluding hydrogens is 368 g/mol. The van der Waals surface area contributed by atoms with E-state index in [-0.39, 0.29) is 18.1 Å². The molecule has 2 fully saturated rings. The Balaban J connectivity index is 1.27. The van der Waals surface area contributed by atoms with Crippen LogP contribution in [0.15, 0.2) is 36.7 Å². The maximum atomic E-state index is 11.2. The van der Waals surface area contributed by atoms with Gasteiger partial charge in [0.15, 0.2) is 0 Å². The lowest BCUT2D eigenvalue weighted by molar-refractivity contribution is -0.119. The first-order chi connectivity index (χ1) is 14.1. The Morgan fingerprint density at radius 3 is 2.59 bits per heavy atom. The summed E-state index contributed by atoms with van der Waals surface area (Å²) in [7, 11) is 0. The van der Waals surface area contributed by atoms with Gasteiger partial charge in [-0.3, -0.25) is 4.79 Å². The lowest BCUT2D eigenvalue weighted by Gasteiger charge is -2.19. The van der Waals surface area contributed by atoms with Crippen molar-refractivity contribution >= 4 is 11.6 Å². The molecule has 1 saturated carbocycles. The van der Waals surface area contributed by atoms with Crippen LogP contribution in [0.25, 0.3) is 0 Å². The number of ether oxygens (including phenoxy) is 2.